The molecule has 2 rings (SSSR count). The average molecular weight is 382 g/mol. The van der Waals surface area contributed by atoms with Crippen molar-refractivity contribution in [3.05, 3.63) is 60.2 Å². The molecule has 0 aromatic heterocycles. The molecule has 2 aromatic rings. The predicted octanol–water partition coefficient (Wildman–Crippen LogP) is 5.92. The summed E-state index contributed by atoms with van der Waals surface area (Å²) in [6, 6.07) is 17.1. The largest absolute Gasteiger partial charge is 0.444 e. The van der Waals surface area contributed by atoms with Crippen molar-refractivity contribution in [3.8, 4) is 11.1 Å². The highest BCUT2D eigenvalue weighted by molar-refractivity contribution is 5.88. The topological polar surface area (TPSA) is 55.4 Å². The highest BCUT2D eigenvalue weighted by Gasteiger charge is 2.25. The molecule has 0 spiro atoms. The van der Waals surface area contributed by atoms with Gasteiger partial charge in [-0.3, -0.25) is 4.79 Å². The molecule has 0 saturated carbocycles. The Bertz CT molecular complexity index is 774. The van der Waals surface area contributed by atoms with E-state index < -0.39 is 17.7 Å². The van der Waals surface area contributed by atoms with E-state index in [1.165, 1.54) is 0 Å². The van der Waals surface area contributed by atoms with E-state index in [9.17, 15) is 9.59 Å². The van der Waals surface area contributed by atoms with Crippen LogP contribution >= 0.6 is 0 Å². The minimum Gasteiger partial charge on any atom is -0.444 e. The molecule has 0 heterocycles. The summed E-state index contributed by atoms with van der Waals surface area (Å²) in [5.74, 6) is 0.415. The number of carbonyl (C=O) groups excluding carboxylic acids is 2. The van der Waals surface area contributed by atoms with Gasteiger partial charge in [-0.15, -0.1) is 0 Å². The predicted molar refractivity (Wildman–Crippen MR) is 113 cm³/mol. The maximum atomic E-state index is 12.8. The third-order valence-corrected chi connectivity index (χ3v) is 4.30. The molecule has 0 aliphatic rings. The maximum Gasteiger partial charge on any atom is 0.408 e. The van der Waals surface area contributed by atoms with Crippen molar-refractivity contribution < 1.29 is 14.3 Å². The van der Waals surface area contributed by atoms with Crippen LogP contribution in [0.5, 0.6) is 0 Å². The molecule has 0 aliphatic heterocycles. The number of amides is 1. The Balaban J connectivity index is 2.22. The van der Waals surface area contributed by atoms with Gasteiger partial charge in [-0.1, -0.05) is 68.4 Å². The lowest BCUT2D eigenvalue weighted by atomic mass is 9.95. The molecule has 2 aromatic carbocycles. The molecule has 28 heavy (non-hydrogen) atoms. The van der Waals surface area contributed by atoms with Gasteiger partial charge in [0.25, 0.3) is 0 Å². The van der Waals surface area contributed by atoms with Crippen molar-refractivity contribution in [2.45, 2.75) is 59.1 Å². The van der Waals surface area contributed by atoms with Crippen LogP contribution in [0.2, 0.25) is 0 Å². The monoisotopic (exact) mass is 381 g/mol. The van der Waals surface area contributed by atoms with Gasteiger partial charge >= 0.3 is 6.09 Å². The Morgan fingerprint density at radius 2 is 1.50 bits per heavy atom. The van der Waals surface area contributed by atoms with Crippen LogP contribution in [-0.4, -0.2) is 17.5 Å². The van der Waals surface area contributed by atoms with Crippen molar-refractivity contribution in [1.82, 2.24) is 5.32 Å². The number of hydrogen-bond donors (Lipinski definition) is 1. The molecule has 4 heteroatoms. The van der Waals surface area contributed by atoms with Gasteiger partial charge in [0.2, 0.25) is 0 Å². The molecule has 0 aliphatic carbocycles. The standard InChI is InChI=1S/C24H31NO3/c1-17(2)11-16-21(26)22(25-23(27)28-24(3,4)5)20-14-12-19(13-15-20)18-9-7-6-8-10-18/h6-10,12-15,17,22H,11,16H2,1-5H3,(H,25,27). The molecule has 1 N–H and O–H groups in total. The van der Waals surface area contributed by atoms with E-state index in [2.05, 4.69) is 19.2 Å². The first kappa shape index (κ1) is 21.7. The first-order valence-electron chi connectivity index (χ1n) is 9.83. The van der Waals surface area contributed by atoms with Crippen molar-refractivity contribution in [2.24, 2.45) is 5.92 Å². The van der Waals surface area contributed by atoms with E-state index in [-0.39, 0.29) is 5.78 Å². The summed E-state index contributed by atoms with van der Waals surface area (Å²) in [4.78, 5) is 25.1. The third kappa shape index (κ3) is 6.84. The number of benzene rings is 2. The summed E-state index contributed by atoms with van der Waals surface area (Å²) < 4.78 is 5.36. The molecular weight excluding hydrogens is 350 g/mol. The SMILES string of the molecule is CC(C)CCC(=O)C(NC(=O)OC(C)(C)C)c1ccc(-c2ccccc2)cc1. The van der Waals surface area contributed by atoms with Gasteiger partial charge in [-0.2, -0.15) is 0 Å². The average Bonchev–Trinajstić information content (AvgIpc) is 2.63. The zero-order valence-electron chi connectivity index (χ0n) is 17.5. The number of alkyl carbamates (subject to hydrolysis) is 1. The molecule has 1 unspecified atom stereocenters. The first-order valence-corrected chi connectivity index (χ1v) is 9.83. The van der Waals surface area contributed by atoms with Crippen LogP contribution in [0.15, 0.2) is 54.6 Å². The van der Waals surface area contributed by atoms with Gasteiger partial charge in [-0.05, 0) is 49.8 Å². The summed E-state index contributed by atoms with van der Waals surface area (Å²) in [5.41, 5.74) is 2.32. The summed E-state index contributed by atoms with van der Waals surface area (Å²) in [6.07, 6.45) is 0.619. The number of nitrogens with one attached hydrogen (secondary N) is 1. The lowest BCUT2D eigenvalue weighted by molar-refractivity contribution is -0.121. The van der Waals surface area contributed by atoms with Crippen LogP contribution in [0.1, 0.15) is 59.1 Å². The van der Waals surface area contributed by atoms with Crippen molar-refractivity contribution in [3.63, 3.8) is 0 Å². The first-order chi connectivity index (χ1) is 13.2. The quantitative estimate of drug-likeness (QED) is 0.647. The van der Waals surface area contributed by atoms with Crippen LogP contribution in [0.3, 0.4) is 0 Å². The highest BCUT2D eigenvalue weighted by atomic mass is 16.6. The number of carbonyl (C=O) groups is 2. The smallest absolute Gasteiger partial charge is 0.408 e. The van der Waals surface area contributed by atoms with Crippen LogP contribution in [0.4, 0.5) is 4.79 Å². The number of ketones is 1. The summed E-state index contributed by atoms with van der Waals surface area (Å²) >= 11 is 0. The Labute approximate surface area is 168 Å². The van der Waals surface area contributed by atoms with Gasteiger partial charge in [0.05, 0.1) is 0 Å². The molecule has 1 amide bonds. The molecule has 4 nitrogen and oxygen atoms in total. The maximum absolute atomic E-state index is 12.8. The third-order valence-electron chi connectivity index (χ3n) is 4.30. The second-order valence-corrected chi connectivity index (χ2v) is 8.47. The molecule has 0 fully saturated rings. The lowest BCUT2D eigenvalue weighted by Crippen LogP contribution is -2.38. The zero-order chi connectivity index (χ0) is 20.7. The Hall–Kier alpha value is -2.62. The summed E-state index contributed by atoms with van der Waals surface area (Å²) in [5, 5.41) is 2.76. The fraction of sp³-hybridized carbons (Fsp3) is 0.417. The zero-order valence-corrected chi connectivity index (χ0v) is 17.5. The van der Waals surface area contributed by atoms with Gasteiger partial charge in [-0.25, -0.2) is 4.79 Å². The molecule has 0 radical (unpaired) electrons. The Morgan fingerprint density at radius 1 is 0.929 bits per heavy atom. The minimum atomic E-state index is -0.710. The number of hydrogen-bond acceptors (Lipinski definition) is 3. The van der Waals surface area contributed by atoms with Gasteiger partial charge in [0.15, 0.2) is 5.78 Å². The molecule has 0 bridgehead atoms. The number of rotatable bonds is 7. The van der Waals surface area contributed by atoms with E-state index in [1.54, 1.807) is 20.8 Å². The van der Waals surface area contributed by atoms with Gasteiger partial charge in [0.1, 0.15) is 11.6 Å². The molecule has 0 saturated heterocycles. The highest BCUT2D eigenvalue weighted by Crippen LogP contribution is 2.24. The van der Waals surface area contributed by atoms with Crippen molar-refractivity contribution >= 4 is 11.9 Å². The van der Waals surface area contributed by atoms with E-state index in [0.717, 1.165) is 23.1 Å². The van der Waals surface area contributed by atoms with Crippen LogP contribution in [-0.2, 0) is 9.53 Å². The van der Waals surface area contributed by atoms with E-state index in [1.807, 2.05) is 54.6 Å². The van der Waals surface area contributed by atoms with Gasteiger partial charge < -0.3 is 10.1 Å². The summed E-state index contributed by atoms with van der Waals surface area (Å²) in [7, 11) is 0. The molecule has 1 atom stereocenters. The van der Waals surface area contributed by atoms with E-state index >= 15 is 0 Å². The van der Waals surface area contributed by atoms with E-state index in [4.69, 9.17) is 4.74 Å². The van der Waals surface area contributed by atoms with Crippen LogP contribution in [0, 0.1) is 5.92 Å². The normalized spacial score (nSPS) is 12.5. The van der Waals surface area contributed by atoms with Gasteiger partial charge in [0, 0.05) is 6.42 Å². The lowest BCUT2D eigenvalue weighted by Gasteiger charge is -2.23. The van der Waals surface area contributed by atoms with Crippen molar-refractivity contribution in [1.29, 1.82) is 0 Å². The molecule has 150 valence electrons. The van der Waals surface area contributed by atoms with E-state index in [0.29, 0.717) is 12.3 Å². The number of Topliss-reactive ketones (excluding diaryl/α,β-unsaturated/α-hetero) is 1. The fourth-order valence-corrected chi connectivity index (χ4v) is 2.85. The minimum absolute atomic E-state index is 0.00739. The Morgan fingerprint density at radius 3 is 2.04 bits per heavy atom. The second-order valence-electron chi connectivity index (χ2n) is 8.47. The second kappa shape index (κ2) is 9.54. The fourth-order valence-electron chi connectivity index (χ4n) is 2.85. The van der Waals surface area contributed by atoms with Crippen molar-refractivity contribution in [2.75, 3.05) is 0 Å². The summed E-state index contributed by atoms with van der Waals surface area (Å²) in [6.45, 7) is 9.57. The van der Waals surface area contributed by atoms with Crippen LogP contribution in [0.25, 0.3) is 11.1 Å². The number of ether oxygens (including phenoxy) is 1. The Kier molecular flexibility index (Phi) is 7.38. The molecular formula is C24H31NO3. The van der Waals surface area contributed by atoms with Crippen LogP contribution < -0.4 is 5.32 Å².